The number of unbranched alkanes of at least 4 members (excludes halogenated alkanes) is 20. The molecule has 0 spiro atoms. The third kappa shape index (κ3) is 36.1. The van der Waals surface area contributed by atoms with Crippen molar-refractivity contribution in [1.82, 2.24) is 0 Å². The molecule has 10 heteroatoms. The number of allylic oxidation sites excluding steroid dienone is 4. The zero-order chi connectivity index (χ0) is 36.1. The third-order valence-electron chi connectivity index (χ3n) is 8.31. The van der Waals surface area contributed by atoms with E-state index in [1.54, 1.807) is 0 Å². The Hall–Kier alpha value is -1.51. The van der Waals surface area contributed by atoms with Crippen molar-refractivity contribution < 1.29 is 37.6 Å². The van der Waals surface area contributed by atoms with Crippen molar-refractivity contribution in [2.45, 2.75) is 187 Å². The van der Waals surface area contributed by atoms with E-state index >= 15 is 0 Å². The molecule has 0 bridgehead atoms. The first kappa shape index (κ1) is 47.5. The highest BCUT2D eigenvalue weighted by Crippen LogP contribution is 2.43. The van der Waals surface area contributed by atoms with Gasteiger partial charge < -0.3 is 20.1 Å². The molecule has 0 radical (unpaired) electrons. The molecule has 3 N–H and O–H groups in total. The zero-order valence-electron chi connectivity index (χ0n) is 31.4. The minimum absolute atomic E-state index is 0.0523. The van der Waals surface area contributed by atoms with Crippen LogP contribution >= 0.6 is 7.82 Å². The molecule has 0 aliphatic carbocycles. The summed E-state index contributed by atoms with van der Waals surface area (Å²) in [6.07, 6.45) is 36.3. The fourth-order valence-electron chi connectivity index (χ4n) is 5.33. The molecular formula is C39H74NO8P. The summed E-state index contributed by atoms with van der Waals surface area (Å²) in [7, 11) is -4.37. The van der Waals surface area contributed by atoms with E-state index in [9.17, 15) is 19.0 Å². The predicted molar refractivity (Wildman–Crippen MR) is 201 cm³/mol. The van der Waals surface area contributed by atoms with E-state index < -0.39 is 26.5 Å². The maximum absolute atomic E-state index is 12.5. The number of hydrogen-bond donors (Lipinski definition) is 2. The van der Waals surface area contributed by atoms with Gasteiger partial charge in [-0.3, -0.25) is 18.6 Å². The van der Waals surface area contributed by atoms with E-state index in [1.165, 1.54) is 83.5 Å². The number of nitrogens with two attached hydrogens (primary N) is 1. The summed E-state index contributed by atoms with van der Waals surface area (Å²) < 4.78 is 32.7. The van der Waals surface area contributed by atoms with Crippen LogP contribution in [0.25, 0.3) is 0 Å². The average molecular weight is 716 g/mol. The van der Waals surface area contributed by atoms with Gasteiger partial charge in [-0.25, -0.2) is 4.57 Å². The van der Waals surface area contributed by atoms with Gasteiger partial charge in [0.25, 0.3) is 0 Å². The van der Waals surface area contributed by atoms with Gasteiger partial charge in [-0.2, -0.15) is 0 Å². The summed E-state index contributed by atoms with van der Waals surface area (Å²) in [5.74, 6) is -0.842. The molecule has 0 amide bonds. The van der Waals surface area contributed by atoms with Crippen molar-refractivity contribution in [1.29, 1.82) is 0 Å². The number of esters is 2. The number of rotatable bonds is 37. The predicted octanol–water partition coefficient (Wildman–Crippen LogP) is 10.8. The first-order chi connectivity index (χ1) is 23.8. The number of hydrogen-bond acceptors (Lipinski definition) is 8. The smallest absolute Gasteiger partial charge is 0.462 e. The van der Waals surface area contributed by atoms with Crippen LogP contribution in [-0.2, 0) is 32.7 Å². The highest BCUT2D eigenvalue weighted by Gasteiger charge is 2.25. The standard InChI is InChI=1S/C39H74NO8P/c1-3-5-7-9-11-13-15-17-18-20-21-23-25-27-29-31-38(41)45-35-37(36-47-49(43,44)46-34-33-40)48-39(42)32-30-28-26-24-22-19-16-14-12-10-8-6-4-2/h13-16,37H,3-12,17-36,40H2,1-2H3,(H,43,44). The molecule has 0 saturated carbocycles. The van der Waals surface area contributed by atoms with Crippen LogP contribution < -0.4 is 5.73 Å². The Morgan fingerprint density at radius 2 is 1.00 bits per heavy atom. The number of carbonyl (C=O) groups excluding carboxylic acids is 2. The molecule has 0 aromatic rings. The Kier molecular flexibility index (Phi) is 35.2. The van der Waals surface area contributed by atoms with Gasteiger partial charge in [0.15, 0.2) is 6.10 Å². The second-order valence-corrected chi connectivity index (χ2v) is 14.6. The summed E-state index contributed by atoms with van der Waals surface area (Å²) in [6.45, 7) is 3.68. The highest BCUT2D eigenvalue weighted by molar-refractivity contribution is 7.47. The Labute approximate surface area is 300 Å². The SMILES string of the molecule is CCCCCCC=CCCCCCCCCCC(=O)OCC(COP(=O)(O)OCCN)OC(=O)CCCCCCCC=CCCCCCC. The Bertz CT molecular complexity index is 866. The average Bonchev–Trinajstić information content (AvgIpc) is 3.08. The van der Waals surface area contributed by atoms with Gasteiger partial charge in [0, 0.05) is 19.4 Å². The summed E-state index contributed by atoms with van der Waals surface area (Å²) >= 11 is 0. The van der Waals surface area contributed by atoms with E-state index in [0.29, 0.717) is 6.42 Å². The van der Waals surface area contributed by atoms with E-state index in [1.807, 2.05) is 0 Å². The molecule has 49 heavy (non-hydrogen) atoms. The quantitative estimate of drug-likeness (QED) is 0.0279. The van der Waals surface area contributed by atoms with Gasteiger partial charge in [0.1, 0.15) is 6.61 Å². The Morgan fingerprint density at radius 1 is 0.592 bits per heavy atom. The summed E-state index contributed by atoms with van der Waals surface area (Å²) in [4.78, 5) is 34.7. The van der Waals surface area contributed by atoms with Crippen LogP contribution in [0.15, 0.2) is 24.3 Å². The second-order valence-electron chi connectivity index (χ2n) is 13.1. The molecule has 9 nitrogen and oxygen atoms in total. The van der Waals surface area contributed by atoms with Gasteiger partial charge in [0.05, 0.1) is 13.2 Å². The molecule has 0 aliphatic heterocycles. The minimum Gasteiger partial charge on any atom is -0.462 e. The van der Waals surface area contributed by atoms with E-state index in [2.05, 4.69) is 38.2 Å². The largest absolute Gasteiger partial charge is 0.472 e. The van der Waals surface area contributed by atoms with Crippen molar-refractivity contribution >= 4 is 19.8 Å². The van der Waals surface area contributed by atoms with Gasteiger partial charge in [-0.05, 0) is 64.2 Å². The lowest BCUT2D eigenvalue weighted by Gasteiger charge is -2.19. The third-order valence-corrected chi connectivity index (χ3v) is 9.29. The molecule has 0 aromatic carbocycles. The van der Waals surface area contributed by atoms with Crippen LogP contribution in [0, 0.1) is 0 Å². The lowest BCUT2D eigenvalue weighted by molar-refractivity contribution is -0.161. The van der Waals surface area contributed by atoms with E-state index in [0.717, 1.165) is 64.2 Å². The highest BCUT2D eigenvalue weighted by atomic mass is 31.2. The van der Waals surface area contributed by atoms with Gasteiger partial charge in [-0.1, -0.05) is 128 Å². The van der Waals surface area contributed by atoms with E-state index in [-0.39, 0.29) is 38.6 Å². The second kappa shape index (κ2) is 36.3. The monoisotopic (exact) mass is 716 g/mol. The van der Waals surface area contributed by atoms with Gasteiger partial charge in [-0.15, -0.1) is 0 Å². The molecule has 0 saturated heterocycles. The Balaban J connectivity index is 4.21. The van der Waals surface area contributed by atoms with Crippen LogP contribution in [0.2, 0.25) is 0 Å². The summed E-state index contributed by atoms with van der Waals surface area (Å²) in [6, 6.07) is 0. The molecule has 0 heterocycles. The number of phosphoric acid groups is 1. The van der Waals surface area contributed by atoms with Crippen LogP contribution in [0.3, 0.4) is 0 Å². The molecule has 0 aliphatic rings. The van der Waals surface area contributed by atoms with Crippen molar-refractivity contribution in [2.24, 2.45) is 5.73 Å². The minimum atomic E-state index is -4.37. The normalized spacial score (nSPS) is 13.6. The zero-order valence-corrected chi connectivity index (χ0v) is 32.3. The molecule has 2 atom stereocenters. The number of ether oxygens (including phenoxy) is 2. The first-order valence-electron chi connectivity index (χ1n) is 19.8. The number of carbonyl (C=O) groups is 2. The molecule has 0 fully saturated rings. The maximum atomic E-state index is 12.5. The van der Waals surface area contributed by atoms with Crippen LogP contribution in [0.5, 0.6) is 0 Å². The van der Waals surface area contributed by atoms with Crippen molar-refractivity contribution in [3.8, 4) is 0 Å². The molecular weight excluding hydrogens is 641 g/mol. The lowest BCUT2D eigenvalue weighted by atomic mass is 10.1. The van der Waals surface area contributed by atoms with Crippen molar-refractivity contribution in [3.63, 3.8) is 0 Å². The van der Waals surface area contributed by atoms with Gasteiger partial charge >= 0.3 is 19.8 Å². The lowest BCUT2D eigenvalue weighted by Crippen LogP contribution is -2.29. The van der Waals surface area contributed by atoms with Gasteiger partial charge in [0.2, 0.25) is 0 Å². The van der Waals surface area contributed by atoms with E-state index in [4.69, 9.17) is 24.3 Å². The molecule has 288 valence electrons. The van der Waals surface area contributed by atoms with Crippen LogP contribution in [0.4, 0.5) is 0 Å². The summed E-state index contributed by atoms with van der Waals surface area (Å²) in [5.41, 5.74) is 5.33. The molecule has 0 aromatic heterocycles. The van der Waals surface area contributed by atoms with Crippen LogP contribution in [-0.4, -0.2) is 49.3 Å². The fourth-order valence-corrected chi connectivity index (χ4v) is 6.09. The first-order valence-corrected chi connectivity index (χ1v) is 21.3. The fraction of sp³-hybridized carbons (Fsp3) is 0.846. The van der Waals surface area contributed by atoms with Crippen molar-refractivity contribution in [3.05, 3.63) is 24.3 Å². The number of phosphoric ester groups is 1. The molecule has 0 rings (SSSR count). The van der Waals surface area contributed by atoms with Crippen molar-refractivity contribution in [2.75, 3.05) is 26.4 Å². The van der Waals surface area contributed by atoms with Crippen LogP contribution in [0.1, 0.15) is 181 Å². The topological polar surface area (TPSA) is 134 Å². The molecule has 2 unspecified atom stereocenters. The Morgan fingerprint density at radius 3 is 1.45 bits per heavy atom. The summed E-state index contributed by atoms with van der Waals surface area (Å²) in [5, 5.41) is 0. The maximum Gasteiger partial charge on any atom is 0.472 e.